The fourth-order valence-electron chi connectivity index (χ4n) is 3.10. The van der Waals surface area contributed by atoms with Crippen LogP contribution >= 0.6 is 0 Å². The molecule has 134 valence electrons. The number of para-hydroxylation sites is 2. The Bertz CT molecular complexity index is 1170. The van der Waals surface area contributed by atoms with Gasteiger partial charge in [-0.2, -0.15) is 0 Å². The Balaban J connectivity index is 1.77. The van der Waals surface area contributed by atoms with Gasteiger partial charge >= 0.3 is 0 Å². The van der Waals surface area contributed by atoms with Gasteiger partial charge in [0.2, 0.25) is 0 Å². The van der Waals surface area contributed by atoms with Gasteiger partial charge in [0.15, 0.2) is 5.76 Å². The molecule has 0 unspecified atom stereocenters. The lowest BCUT2D eigenvalue weighted by molar-refractivity contribution is -0.384. The molecule has 0 spiro atoms. The van der Waals surface area contributed by atoms with E-state index >= 15 is 0 Å². The van der Waals surface area contributed by atoms with Crippen molar-refractivity contribution in [2.24, 2.45) is 0 Å². The zero-order valence-electron chi connectivity index (χ0n) is 14.0. The van der Waals surface area contributed by atoms with E-state index in [4.69, 9.17) is 4.42 Å². The number of furan rings is 1. The first-order valence-electron chi connectivity index (χ1n) is 8.18. The van der Waals surface area contributed by atoms with Crippen LogP contribution in [0.4, 0.5) is 5.69 Å². The van der Waals surface area contributed by atoms with Gasteiger partial charge in [-0.25, -0.2) is 0 Å². The summed E-state index contributed by atoms with van der Waals surface area (Å²) in [6, 6.07) is 16.4. The van der Waals surface area contributed by atoms with Gasteiger partial charge in [0, 0.05) is 23.2 Å². The lowest BCUT2D eigenvalue weighted by atomic mass is 10.1. The van der Waals surface area contributed by atoms with Crippen molar-refractivity contribution in [1.29, 1.82) is 0 Å². The van der Waals surface area contributed by atoms with E-state index in [1.807, 2.05) is 12.1 Å². The maximum absolute atomic E-state index is 12.9. The van der Waals surface area contributed by atoms with Crippen LogP contribution in [0.3, 0.4) is 0 Å². The largest absolute Gasteiger partial charge is 0.451 e. The van der Waals surface area contributed by atoms with E-state index in [9.17, 15) is 20.0 Å². The minimum absolute atomic E-state index is 0.0494. The van der Waals surface area contributed by atoms with E-state index < -0.39 is 10.8 Å². The molecule has 1 N–H and O–H groups in total. The summed E-state index contributed by atoms with van der Waals surface area (Å²) >= 11 is 0. The van der Waals surface area contributed by atoms with Crippen LogP contribution in [0.25, 0.3) is 22.2 Å². The van der Waals surface area contributed by atoms with Crippen LogP contribution in [0, 0.1) is 10.1 Å². The number of fused-ring (bicyclic) bond motifs is 1. The zero-order valence-corrected chi connectivity index (χ0v) is 14.0. The molecule has 0 atom stereocenters. The monoisotopic (exact) mass is 362 g/mol. The molecule has 0 amide bonds. The topological polar surface area (TPSA) is 98.5 Å². The number of aliphatic hydroxyl groups excluding tert-OH is 1. The summed E-state index contributed by atoms with van der Waals surface area (Å²) in [5, 5.41) is 21.5. The van der Waals surface area contributed by atoms with E-state index in [1.54, 1.807) is 36.5 Å². The molecule has 0 saturated heterocycles. The van der Waals surface area contributed by atoms with Crippen LogP contribution in [-0.2, 0) is 6.61 Å². The first-order chi connectivity index (χ1) is 13.1. The van der Waals surface area contributed by atoms with Crippen LogP contribution in [-0.4, -0.2) is 20.5 Å². The molecule has 2 aromatic heterocycles. The first kappa shape index (κ1) is 16.7. The van der Waals surface area contributed by atoms with Crippen molar-refractivity contribution < 1.29 is 19.2 Å². The highest BCUT2D eigenvalue weighted by atomic mass is 16.6. The summed E-state index contributed by atoms with van der Waals surface area (Å²) in [4.78, 5) is 23.6. The van der Waals surface area contributed by atoms with E-state index in [2.05, 4.69) is 0 Å². The number of aliphatic hydroxyl groups is 1. The van der Waals surface area contributed by atoms with Crippen molar-refractivity contribution in [3.05, 3.63) is 88.3 Å². The number of hydrogen-bond acceptors (Lipinski definition) is 5. The normalized spacial score (nSPS) is 11.0. The molecule has 27 heavy (non-hydrogen) atoms. The molecule has 0 aliphatic rings. The Labute approximate surface area is 153 Å². The SMILES string of the molecule is O=C(c1ccc(-c2ccccc2[N+](=O)[O-])o1)n1cc(CO)c2ccccc21. The lowest BCUT2D eigenvalue weighted by Crippen LogP contribution is -2.09. The second-order valence-corrected chi connectivity index (χ2v) is 5.94. The number of aromatic nitrogens is 1. The average molecular weight is 362 g/mol. The first-order valence-corrected chi connectivity index (χ1v) is 8.18. The summed E-state index contributed by atoms with van der Waals surface area (Å²) in [5.41, 5.74) is 1.48. The molecule has 0 aliphatic carbocycles. The quantitative estimate of drug-likeness (QED) is 0.437. The number of nitro benzene ring substituents is 1. The van der Waals surface area contributed by atoms with Gasteiger partial charge in [0.05, 0.1) is 22.6 Å². The van der Waals surface area contributed by atoms with Crippen molar-refractivity contribution in [1.82, 2.24) is 4.57 Å². The fourth-order valence-corrected chi connectivity index (χ4v) is 3.10. The van der Waals surface area contributed by atoms with Crippen LogP contribution in [0.2, 0.25) is 0 Å². The molecule has 7 nitrogen and oxygen atoms in total. The third-order valence-corrected chi connectivity index (χ3v) is 4.37. The van der Waals surface area contributed by atoms with E-state index in [0.717, 1.165) is 5.39 Å². The van der Waals surface area contributed by atoms with Gasteiger partial charge in [-0.05, 0) is 24.3 Å². The molecule has 4 aromatic rings. The van der Waals surface area contributed by atoms with E-state index in [1.165, 1.54) is 22.8 Å². The van der Waals surface area contributed by atoms with Crippen molar-refractivity contribution in [2.45, 2.75) is 6.61 Å². The number of carbonyl (C=O) groups excluding carboxylic acids is 1. The van der Waals surface area contributed by atoms with Crippen molar-refractivity contribution in [3.63, 3.8) is 0 Å². The molecule has 0 fully saturated rings. The molecular weight excluding hydrogens is 348 g/mol. The Morgan fingerprint density at radius 1 is 1.07 bits per heavy atom. The number of rotatable bonds is 4. The Kier molecular flexibility index (Phi) is 4.06. The molecule has 0 aliphatic heterocycles. The molecule has 4 rings (SSSR count). The summed E-state index contributed by atoms with van der Waals surface area (Å²) < 4.78 is 7.04. The predicted octanol–water partition coefficient (Wildman–Crippen LogP) is 3.99. The highest BCUT2D eigenvalue weighted by molar-refractivity contribution is 6.01. The number of nitro groups is 1. The highest BCUT2D eigenvalue weighted by Gasteiger charge is 2.21. The Morgan fingerprint density at radius 2 is 1.81 bits per heavy atom. The Hall–Kier alpha value is -3.71. The summed E-state index contributed by atoms with van der Waals surface area (Å²) in [7, 11) is 0. The van der Waals surface area contributed by atoms with Crippen LogP contribution < -0.4 is 0 Å². The fraction of sp³-hybridized carbons (Fsp3) is 0.0500. The maximum atomic E-state index is 12.9. The maximum Gasteiger partial charge on any atom is 0.298 e. The highest BCUT2D eigenvalue weighted by Crippen LogP contribution is 2.31. The minimum Gasteiger partial charge on any atom is -0.451 e. The Morgan fingerprint density at radius 3 is 2.59 bits per heavy atom. The zero-order chi connectivity index (χ0) is 19.0. The van der Waals surface area contributed by atoms with E-state index in [-0.39, 0.29) is 23.8 Å². The van der Waals surface area contributed by atoms with Gasteiger partial charge in [-0.15, -0.1) is 0 Å². The van der Waals surface area contributed by atoms with Crippen LogP contribution in [0.5, 0.6) is 0 Å². The average Bonchev–Trinajstić information content (AvgIpc) is 3.32. The molecule has 2 heterocycles. The van der Waals surface area contributed by atoms with Crippen LogP contribution in [0.15, 0.2) is 71.3 Å². The van der Waals surface area contributed by atoms with Gasteiger partial charge in [-0.3, -0.25) is 19.5 Å². The van der Waals surface area contributed by atoms with Gasteiger partial charge in [0.25, 0.3) is 11.6 Å². The smallest absolute Gasteiger partial charge is 0.298 e. The summed E-state index contributed by atoms with van der Waals surface area (Å²) in [5.74, 6) is -0.131. The van der Waals surface area contributed by atoms with Gasteiger partial charge in [-0.1, -0.05) is 30.3 Å². The van der Waals surface area contributed by atoms with Crippen molar-refractivity contribution in [2.75, 3.05) is 0 Å². The second-order valence-electron chi connectivity index (χ2n) is 5.94. The number of nitrogens with zero attached hydrogens (tertiary/aromatic N) is 2. The predicted molar refractivity (Wildman–Crippen MR) is 98.4 cm³/mol. The lowest BCUT2D eigenvalue weighted by Gasteiger charge is -2.02. The molecule has 7 heteroatoms. The third-order valence-electron chi connectivity index (χ3n) is 4.37. The molecule has 2 aromatic carbocycles. The van der Waals surface area contributed by atoms with E-state index in [0.29, 0.717) is 16.6 Å². The number of carbonyl (C=O) groups is 1. The molecule has 0 saturated carbocycles. The van der Waals surface area contributed by atoms with Crippen molar-refractivity contribution >= 4 is 22.5 Å². The number of hydrogen-bond donors (Lipinski definition) is 1. The van der Waals surface area contributed by atoms with Gasteiger partial charge < -0.3 is 9.52 Å². The summed E-state index contributed by atoms with van der Waals surface area (Å²) in [6.45, 7) is -0.194. The molecule has 0 radical (unpaired) electrons. The standard InChI is InChI=1S/C20H14N2O5/c23-12-13-11-21(16-7-3-1-5-14(13)16)20(24)19-10-9-18(27-19)15-6-2-4-8-17(15)22(25)26/h1-11,23H,12H2. The summed E-state index contributed by atoms with van der Waals surface area (Å²) in [6.07, 6.45) is 1.57. The molecular formula is C20H14N2O5. The van der Waals surface area contributed by atoms with Crippen molar-refractivity contribution in [3.8, 4) is 11.3 Å². The molecule has 0 bridgehead atoms. The van der Waals surface area contributed by atoms with Gasteiger partial charge in [0.1, 0.15) is 5.76 Å². The van der Waals surface area contributed by atoms with Crippen LogP contribution in [0.1, 0.15) is 16.1 Å². The minimum atomic E-state index is -0.494. The third kappa shape index (κ3) is 2.80. The second kappa shape index (κ2) is 6.54. The number of benzene rings is 2.